The van der Waals surface area contributed by atoms with E-state index in [1.165, 1.54) is 11.8 Å². The monoisotopic (exact) mass is 452 g/mol. The molecular formula is C21H17BrN4OS. The highest BCUT2D eigenvalue weighted by Gasteiger charge is 2.24. The molecule has 3 aromatic rings. The standard InChI is InChI=1S/C21H17BrN4OS/c1-13-11-15(14(2)26(13)18-7-9-23-10-8-18)12-19-20(27)25-21(28-19)24-17-5-3-16(22)4-6-17/h3-12H,1-2H3,(H,24,25,27)/b19-12-. The van der Waals surface area contributed by atoms with Crippen LogP contribution < -0.4 is 5.32 Å². The number of hydrogen-bond acceptors (Lipinski definition) is 4. The van der Waals surface area contributed by atoms with Gasteiger partial charge in [-0.1, -0.05) is 15.9 Å². The highest BCUT2D eigenvalue weighted by Crippen LogP contribution is 2.30. The number of rotatable bonds is 3. The van der Waals surface area contributed by atoms with E-state index >= 15 is 0 Å². The number of carbonyl (C=O) groups is 1. The molecule has 140 valence electrons. The normalized spacial score (nSPS) is 16.8. The van der Waals surface area contributed by atoms with Crippen LogP contribution in [-0.4, -0.2) is 20.6 Å². The number of aromatic nitrogens is 2. The summed E-state index contributed by atoms with van der Waals surface area (Å²) in [6.45, 7) is 4.10. The van der Waals surface area contributed by atoms with E-state index in [-0.39, 0.29) is 5.91 Å². The third-order valence-corrected chi connectivity index (χ3v) is 5.82. The molecular weight excluding hydrogens is 436 g/mol. The number of amides is 1. The van der Waals surface area contributed by atoms with Crippen molar-refractivity contribution in [1.29, 1.82) is 0 Å². The Labute approximate surface area is 175 Å². The summed E-state index contributed by atoms with van der Waals surface area (Å²) in [5.74, 6) is -0.130. The maximum Gasteiger partial charge on any atom is 0.264 e. The highest BCUT2D eigenvalue weighted by atomic mass is 79.9. The van der Waals surface area contributed by atoms with Gasteiger partial charge in [0.25, 0.3) is 5.91 Å². The fraction of sp³-hybridized carbons (Fsp3) is 0.0952. The first-order valence-electron chi connectivity index (χ1n) is 8.66. The summed E-state index contributed by atoms with van der Waals surface area (Å²) >= 11 is 4.76. The van der Waals surface area contributed by atoms with Crippen molar-refractivity contribution >= 4 is 50.5 Å². The third-order valence-electron chi connectivity index (χ3n) is 4.39. The molecule has 2 aromatic heterocycles. The van der Waals surface area contributed by atoms with Crippen LogP contribution >= 0.6 is 27.7 Å². The summed E-state index contributed by atoms with van der Waals surface area (Å²) in [4.78, 5) is 21.6. The van der Waals surface area contributed by atoms with Gasteiger partial charge in [-0.25, -0.2) is 4.99 Å². The van der Waals surface area contributed by atoms with E-state index < -0.39 is 0 Å². The van der Waals surface area contributed by atoms with Gasteiger partial charge in [-0.05, 0) is 79.7 Å². The highest BCUT2D eigenvalue weighted by molar-refractivity contribution is 9.10. The van der Waals surface area contributed by atoms with Crippen LogP contribution in [0.1, 0.15) is 17.0 Å². The van der Waals surface area contributed by atoms with E-state index in [1.807, 2.05) is 49.4 Å². The molecule has 1 aromatic carbocycles. The topological polar surface area (TPSA) is 59.3 Å². The van der Waals surface area contributed by atoms with Gasteiger partial charge in [-0.15, -0.1) is 0 Å². The summed E-state index contributed by atoms with van der Waals surface area (Å²) in [6, 6.07) is 13.7. The third kappa shape index (κ3) is 3.81. The van der Waals surface area contributed by atoms with Crippen LogP contribution in [-0.2, 0) is 4.79 Å². The largest absolute Gasteiger partial charge is 0.318 e. The van der Waals surface area contributed by atoms with Crippen molar-refractivity contribution in [3.8, 4) is 5.69 Å². The molecule has 0 spiro atoms. The van der Waals surface area contributed by atoms with E-state index in [0.29, 0.717) is 10.1 Å². The minimum Gasteiger partial charge on any atom is -0.318 e. The van der Waals surface area contributed by atoms with Crippen LogP contribution in [0.3, 0.4) is 0 Å². The van der Waals surface area contributed by atoms with Crippen LogP contribution in [0.4, 0.5) is 5.69 Å². The van der Waals surface area contributed by atoms with Gasteiger partial charge in [0.05, 0.1) is 10.6 Å². The molecule has 0 radical (unpaired) electrons. The summed E-state index contributed by atoms with van der Waals surface area (Å²) in [5.41, 5.74) is 5.03. The van der Waals surface area contributed by atoms with E-state index in [1.54, 1.807) is 12.4 Å². The molecule has 0 atom stereocenters. The smallest absolute Gasteiger partial charge is 0.264 e. The first-order chi connectivity index (χ1) is 13.5. The number of halogens is 1. The van der Waals surface area contributed by atoms with E-state index in [2.05, 4.69) is 48.8 Å². The number of amidine groups is 1. The van der Waals surface area contributed by atoms with Crippen LogP contribution in [0, 0.1) is 13.8 Å². The van der Waals surface area contributed by atoms with Gasteiger partial charge >= 0.3 is 0 Å². The Hall–Kier alpha value is -2.64. The molecule has 1 N–H and O–H groups in total. The second-order valence-electron chi connectivity index (χ2n) is 6.33. The zero-order valence-electron chi connectivity index (χ0n) is 15.3. The lowest BCUT2D eigenvalue weighted by Gasteiger charge is -2.08. The Balaban J connectivity index is 1.63. The maximum atomic E-state index is 12.4. The van der Waals surface area contributed by atoms with Crippen molar-refractivity contribution in [2.45, 2.75) is 13.8 Å². The van der Waals surface area contributed by atoms with Gasteiger partial charge in [0.2, 0.25) is 0 Å². The molecule has 1 aliphatic rings. The van der Waals surface area contributed by atoms with Gasteiger partial charge in [-0.2, -0.15) is 0 Å². The Morgan fingerprint density at radius 1 is 1.14 bits per heavy atom. The van der Waals surface area contributed by atoms with Gasteiger partial charge in [0.1, 0.15) is 0 Å². The summed E-state index contributed by atoms with van der Waals surface area (Å²) < 4.78 is 3.15. The number of nitrogens with one attached hydrogen (secondary N) is 1. The van der Waals surface area contributed by atoms with Crippen molar-refractivity contribution < 1.29 is 4.79 Å². The number of pyridine rings is 1. The predicted octanol–water partition coefficient (Wildman–Crippen LogP) is 5.14. The molecule has 0 bridgehead atoms. The second-order valence-corrected chi connectivity index (χ2v) is 8.27. The van der Waals surface area contributed by atoms with Crippen molar-refractivity contribution in [3.05, 3.63) is 81.2 Å². The Morgan fingerprint density at radius 3 is 2.57 bits per heavy atom. The van der Waals surface area contributed by atoms with Crippen LogP contribution in [0.5, 0.6) is 0 Å². The number of benzene rings is 1. The SMILES string of the molecule is Cc1cc(/C=C2\SC(=Nc3ccc(Br)cc3)NC2=O)c(C)n1-c1ccncc1. The first-order valence-corrected chi connectivity index (χ1v) is 10.3. The van der Waals surface area contributed by atoms with Gasteiger partial charge < -0.3 is 9.88 Å². The van der Waals surface area contributed by atoms with Crippen molar-refractivity contribution in [2.24, 2.45) is 4.99 Å². The minimum absolute atomic E-state index is 0.130. The average molecular weight is 453 g/mol. The molecule has 1 amide bonds. The predicted molar refractivity (Wildman–Crippen MR) is 118 cm³/mol. The quantitative estimate of drug-likeness (QED) is 0.559. The summed E-state index contributed by atoms with van der Waals surface area (Å²) in [6.07, 6.45) is 5.47. The lowest BCUT2D eigenvalue weighted by Crippen LogP contribution is -2.19. The Kier molecular flexibility index (Phi) is 5.19. The molecule has 0 unspecified atom stereocenters. The molecule has 0 aliphatic carbocycles. The molecule has 1 aliphatic heterocycles. The molecule has 5 nitrogen and oxygen atoms in total. The molecule has 4 rings (SSSR count). The first kappa shape index (κ1) is 18.7. The lowest BCUT2D eigenvalue weighted by atomic mass is 10.2. The Bertz CT molecular complexity index is 1100. The van der Waals surface area contributed by atoms with Crippen molar-refractivity contribution in [3.63, 3.8) is 0 Å². The van der Waals surface area contributed by atoms with Crippen molar-refractivity contribution in [2.75, 3.05) is 0 Å². The molecule has 1 fully saturated rings. The van der Waals surface area contributed by atoms with Crippen LogP contribution in [0.15, 0.2) is 69.2 Å². The number of nitrogens with zero attached hydrogens (tertiary/aromatic N) is 3. The van der Waals surface area contributed by atoms with Gasteiger partial charge in [0, 0.05) is 33.9 Å². The zero-order valence-corrected chi connectivity index (χ0v) is 17.7. The summed E-state index contributed by atoms with van der Waals surface area (Å²) in [7, 11) is 0. The molecule has 7 heteroatoms. The van der Waals surface area contributed by atoms with Crippen molar-refractivity contribution in [1.82, 2.24) is 14.9 Å². The van der Waals surface area contributed by atoms with Crippen LogP contribution in [0.25, 0.3) is 11.8 Å². The number of aliphatic imine (C=N–C) groups is 1. The summed E-state index contributed by atoms with van der Waals surface area (Å²) in [5, 5.41) is 3.42. The van der Waals surface area contributed by atoms with E-state index in [0.717, 1.165) is 32.8 Å². The lowest BCUT2D eigenvalue weighted by molar-refractivity contribution is -0.115. The number of aryl methyl sites for hydroxylation is 1. The Morgan fingerprint density at radius 2 is 1.86 bits per heavy atom. The maximum absolute atomic E-state index is 12.4. The molecule has 28 heavy (non-hydrogen) atoms. The molecule has 0 saturated carbocycles. The number of hydrogen-bond donors (Lipinski definition) is 1. The fourth-order valence-electron chi connectivity index (χ4n) is 3.08. The fourth-order valence-corrected chi connectivity index (χ4v) is 4.18. The molecule has 1 saturated heterocycles. The van der Waals surface area contributed by atoms with E-state index in [4.69, 9.17) is 0 Å². The van der Waals surface area contributed by atoms with Gasteiger partial charge in [0.15, 0.2) is 5.17 Å². The minimum atomic E-state index is -0.130. The van der Waals surface area contributed by atoms with E-state index in [9.17, 15) is 4.79 Å². The number of thioether (sulfide) groups is 1. The zero-order chi connectivity index (χ0) is 19.7. The van der Waals surface area contributed by atoms with Gasteiger partial charge in [-0.3, -0.25) is 9.78 Å². The second kappa shape index (κ2) is 7.77. The van der Waals surface area contributed by atoms with Crippen LogP contribution in [0.2, 0.25) is 0 Å². The average Bonchev–Trinajstić information content (AvgIpc) is 3.16. The number of carbonyl (C=O) groups excluding carboxylic acids is 1. The molecule has 3 heterocycles.